The van der Waals surface area contributed by atoms with Crippen molar-refractivity contribution in [3.05, 3.63) is 0 Å². The van der Waals surface area contributed by atoms with Gasteiger partial charge in [-0.05, 0) is 18.4 Å². The van der Waals surface area contributed by atoms with Gasteiger partial charge in [-0.3, -0.25) is 4.79 Å². The number of carbonyl (C=O) groups is 2. The van der Waals surface area contributed by atoms with Crippen molar-refractivity contribution in [2.45, 2.75) is 39.7 Å². The molecule has 0 bridgehead atoms. The third-order valence-corrected chi connectivity index (χ3v) is 2.73. The van der Waals surface area contributed by atoms with E-state index in [0.717, 1.165) is 0 Å². The lowest BCUT2D eigenvalue weighted by Crippen LogP contribution is -2.45. The number of rotatable bonds is 7. The molecular weight excluding hydrogens is 208 g/mol. The average Bonchev–Trinajstić information content (AvgIpc) is 2.24. The van der Waals surface area contributed by atoms with Crippen molar-refractivity contribution in [3.8, 4) is 0 Å². The largest absolute Gasteiger partial charge is 0.480 e. The molecule has 1 amide bonds. The standard InChI is InChI=1S/C11H22N2O3/c1-4-8(3)10(11(15)16)13-9(14)5-7(2)6-12/h7-8,10H,4-6,12H2,1-3H3,(H,13,14)(H,15,16). The highest BCUT2D eigenvalue weighted by Crippen LogP contribution is 2.09. The first-order valence-electron chi connectivity index (χ1n) is 5.64. The Balaban J connectivity index is 4.30. The fourth-order valence-corrected chi connectivity index (χ4v) is 1.32. The smallest absolute Gasteiger partial charge is 0.326 e. The van der Waals surface area contributed by atoms with Crippen molar-refractivity contribution < 1.29 is 14.7 Å². The first kappa shape index (κ1) is 14.9. The van der Waals surface area contributed by atoms with Crippen LogP contribution in [0.4, 0.5) is 0 Å². The lowest BCUT2D eigenvalue weighted by molar-refractivity contribution is -0.143. The van der Waals surface area contributed by atoms with E-state index in [9.17, 15) is 9.59 Å². The fourth-order valence-electron chi connectivity index (χ4n) is 1.32. The van der Waals surface area contributed by atoms with Crippen LogP contribution in [0.2, 0.25) is 0 Å². The van der Waals surface area contributed by atoms with Crippen LogP contribution in [0.15, 0.2) is 0 Å². The van der Waals surface area contributed by atoms with Crippen LogP contribution < -0.4 is 11.1 Å². The van der Waals surface area contributed by atoms with Crippen LogP contribution in [0, 0.1) is 11.8 Å². The Labute approximate surface area is 96.4 Å². The zero-order valence-corrected chi connectivity index (χ0v) is 10.2. The minimum absolute atomic E-state index is 0.0744. The minimum atomic E-state index is -0.983. The fraction of sp³-hybridized carbons (Fsp3) is 0.818. The maximum Gasteiger partial charge on any atom is 0.326 e. The van der Waals surface area contributed by atoms with Gasteiger partial charge in [0.15, 0.2) is 0 Å². The van der Waals surface area contributed by atoms with Crippen LogP contribution in [0.25, 0.3) is 0 Å². The molecule has 0 aromatic heterocycles. The monoisotopic (exact) mass is 230 g/mol. The van der Waals surface area contributed by atoms with Gasteiger partial charge in [-0.2, -0.15) is 0 Å². The number of amides is 1. The Hall–Kier alpha value is -1.10. The molecule has 0 aliphatic rings. The Morgan fingerprint density at radius 1 is 1.38 bits per heavy atom. The molecule has 94 valence electrons. The lowest BCUT2D eigenvalue weighted by Gasteiger charge is -2.20. The molecule has 0 heterocycles. The van der Waals surface area contributed by atoms with Gasteiger partial charge in [0.2, 0.25) is 5.91 Å². The van der Waals surface area contributed by atoms with E-state index in [1.54, 1.807) is 0 Å². The summed E-state index contributed by atoms with van der Waals surface area (Å²) < 4.78 is 0. The molecule has 16 heavy (non-hydrogen) atoms. The molecule has 0 spiro atoms. The number of nitrogens with two attached hydrogens (primary N) is 1. The van der Waals surface area contributed by atoms with E-state index in [4.69, 9.17) is 10.8 Å². The van der Waals surface area contributed by atoms with Crippen LogP contribution in [0.5, 0.6) is 0 Å². The van der Waals surface area contributed by atoms with Crippen molar-refractivity contribution in [3.63, 3.8) is 0 Å². The van der Waals surface area contributed by atoms with Crippen LogP contribution in [0.3, 0.4) is 0 Å². The quantitative estimate of drug-likeness (QED) is 0.596. The molecule has 0 aliphatic carbocycles. The van der Waals surface area contributed by atoms with Gasteiger partial charge in [-0.25, -0.2) is 4.79 Å². The van der Waals surface area contributed by atoms with E-state index in [2.05, 4.69) is 5.32 Å². The molecule has 0 rings (SSSR count). The summed E-state index contributed by atoms with van der Waals surface area (Å²) in [6, 6.07) is -0.803. The SMILES string of the molecule is CCC(C)C(NC(=O)CC(C)CN)C(=O)O. The number of aliphatic carboxylic acids is 1. The minimum Gasteiger partial charge on any atom is -0.480 e. The molecule has 4 N–H and O–H groups in total. The molecule has 0 aromatic rings. The van der Waals surface area contributed by atoms with E-state index in [1.165, 1.54) is 0 Å². The van der Waals surface area contributed by atoms with Gasteiger partial charge in [0.1, 0.15) is 6.04 Å². The Bertz CT molecular complexity index is 243. The highest BCUT2D eigenvalue weighted by Gasteiger charge is 2.25. The molecule has 5 heteroatoms. The van der Waals surface area contributed by atoms with Gasteiger partial charge >= 0.3 is 5.97 Å². The van der Waals surface area contributed by atoms with E-state index in [0.29, 0.717) is 13.0 Å². The summed E-state index contributed by atoms with van der Waals surface area (Å²) in [5.41, 5.74) is 5.40. The van der Waals surface area contributed by atoms with Gasteiger partial charge in [0.05, 0.1) is 0 Å². The number of carboxylic acids is 1. The molecule has 0 aliphatic heterocycles. The maximum atomic E-state index is 11.5. The number of hydrogen-bond donors (Lipinski definition) is 3. The molecular formula is C11H22N2O3. The number of carbonyl (C=O) groups excluding carboxylic acids is 1. The molecule has 0 radical (unpaired) electrons. The van der Waals surface area contributed by atoms with Crippen molar-refractivity contribution in [1.29, 1.82) is 0 Å². The molecule has 3 atom stereocenters. The summed E-state index contributed by atoms with van der Waals surface area (Å²) in [4.78, 5) is 22.5. The molecule has 0 saturated carbocycles. The first-order chi connectivity index (χ1) is 7.42. The summed E-state index contributed by atoms with van der Waals surface area (Å²) >= 11 is 0. The molecule has 0 fully saturated rings. The maximum absolute atomic E-state index is 11.5. The predicted octanol–water partition coefficient (Wildman–Crippen LogP) is 0.587. The number of hydrogen-bond acceptors (Lipinski definition) is 3. The van der Waals surface area contributed by atoms with Gasteiger partial charge in [-0.1, -0.05) is 27.2 Å². The van der Waals surface area contributed by atoms with Gasteiger partial charge in [-0.15, -0.1) is 0 Å². The lowest BCUT2D eigenvalue weighted by atomic mass is 9.98. The molecule has 0 aromatic carbocycles. The second kappa shape index (κ2) is 7.22. The first-order valence-corrected chi connectivity index (χ1v) is 5.64. The second-order valence-corrected chi connectivity index (χ2v) is 4.31. The van der Waals surface area contributed by atoms with Crippen LogP contribution in [0.1, 0.15) is 33.6 Å². The molecule has 3 unspecified atom stereocenters. The van der Waals surface area contributed by atoms with Crippen molar-refractivity contribution >= 4 is 11.9 Å². The summed E-state index contributed by atoms with van der Waals surface area (Å²) in [5.74, 6) is -1.23. The van der Waals surface area contributed by atoms with Crippen LogP contribution >= 0.6 is 0 Å². The number of nitrogens with one attached hydrogen (secondary N) is 1. The van der Waals surface area contributed by atoms with E-state index in [1.807, 2.05) is 20.8 Å². The van der Waals surface area contributed by atoms with E-state index < -0.39 is 12.0 Å². The van der Waals surface area contributed by atoms with Crippen LogP contribution in [-0.2, 0) is 9.59 Å². The predicted molar refractivity (Wildman–Crippen MR) is 61.9 cm³/mol. The summed E-state index contributed by atoms with van der Waals surface area (Å²) in [7, 11) is 0. The Morgan fingerprint density at radius 3 is 2.31 bits per heavy atom. The normalized spacial score (nSPS) is 16.2. The summed E-state index contributed by atoms with van der Waals surface area (Å²) in [5, 5.41) is 11.5. The van der Waals surface area contributed by atoms with E-state index in [-0.39, 0.29) is 24.2 Å². The van der Waals surface area contributed by atoms with Crippen molar-refractivity contribution in [1.82, 2.24) is 5.32 Å². The molecule has 5 nitrogen and oxygen atoms in total. The number of carboxylic acid groups (broad SMARTS) is 1. The van der Waals surface area contributed by atoms with Gasteiger partial charge < -0.3 is 16.2 Å². The van der Waals surface area contributed by atoms with Crippen molar-refractivity contribution in [2.75, 3.05) is 6.54 Å². The van der Waals surface area contributed by atoms with Crippen molar-refractivity contribution in [2.24, 2.45) is 17.6 Å². The van der Waals surface area contributed by atoms with Crippen LogP contribution in [-0.4, -0.2) is 29.6 Å². The third-order valence-electron chi connectivity index (χ3n) is 2.73. The zero-order chi connectivity index (χ0) is 12.7. The van der Waals surface area contributed by atoms with Gasteiger partial charge in [0, 0.05) is 6.42 Å². The average molecular weight is 230 g/mol. The highest BCUT2D eigenvalue weighted by molar-refractivity contribution is 5.83. The molecule has 0 saturated heterocycles. The topological polar surface area (TPSA) is 92.4 Å². The highest BCUT2D eigenvalue weighted by atomic mass is 16.4. The van der Waals surface area contributed by atoms with E-state index >= 15 is 0 Å². The third kappa shape index (κ3) is 5.11. The van der Waals surface area contributed by atoms with Gasteiger partial charge in [0.25, 0.3) is 0 Å². The Morgan fingerprint density at radius 2 is 1.94 bits per heavy atom. The summed E-state index contributed by atoms with van der Waals surface area (Å²) in [6.45, 7) is 5.99. The second-order valence-electron chi connectivity index (χ2n) is 4.31. The Kier molecular flexibility index (Phi) is 6.72. The summed E-state index contributed by atoms with van der Waals surface area (Å²) in [6.07, 6.45) is 0.987. The zero-order valence-electron chi connectivity index (χ0n) is 10.2.